The van der Waals surface area contributed by atoms with Gasteiger partial charge in [-0.25, -0.2) is 0 Å². The molecule has 2 nitrogen and oxygen atoms in total. The maximum Gasteiger partial charge on any atom is 0.406 e. The van der Waals surface area contributed by atoms with E-state index in [4.69, 9.17) is 4.74 Å². The third kappa shape index (κ3) is 2.68. The van der Waals surface area contributed by atoms with Crippen LogP contribution in [0.25, 0.3) is 0 Å². The van der Waals surface area contributed by atoms with Crippen molar-refractivity contribution in [1.29, 1.82) is 0 Å². The van der Waals surface area contributed by atoms with E-state index in [2.05, 4.69) is 0 Å². The fourth-order valence-corrected chi connectivity index (χ4v) is 2.45. The molecule has 21 heavy (non-hydrogen) atoms. The van der Waals surface area contributed by atoms with Crippen molar-refractivity contribution in [2.45, 2.75) is 20.0 Å². The lowest BCUT2D eigenvalue weighted by atomic mass is 10.1. The fourth-order valence-electron chi connectivity index (χ4n) is 2.45. The molecule has 0 spiro atoms. The first-order valence-corrected chi connectivity index (χ1v) is 6.57. The van der Waals surface area contributed by atoms with E-state index in [0.717, 1.165) is 11.1 Å². The molecule has 0 radical (unpaired) electrons. The van der Waals surface area contributed by atoms with Gasteiger partial charge in [-0.15, -0.1) is 0 Å². The molecular weight excluding hydrogens is 279 g/mol. The van der Waals surface area contributed by atoms with Crippen LogP contribution >= 0.6 is 0 Å². The van der Waals surface area contributed by atoms with E-state index in [9.17, 15) is 13.2 Å². The average Bonchev–Trinajstić information content (AvgIpc) is 2.37. The SMILES string of the molecule is Cc1ccc2c(c1)Oc1ccc(C)cc1N2CC(F)(F)F. The van der Waals surface area contributed by atoms with Gasteiger partial charge < -0.3 is 9.64 Å². The van der Waals surface area contributed by atoms with Gasteiger partial charge in [-0.2, -0.15) is 13.2 Å². The molecule has 0 fully saturated rings. The summed E-state index contributed by atoms with van der Waals surface area (Å²) in [5.74, 6) is 0.901. The lowest BCUT2D eigenvalue weighted by Gasteiger charge is -2.33. The number of halogens is 3. The number of hydrogen-bond acceptors (Lipinski definition) is 2. The molecule has 0 bridgehead atoms. The molecule has 0 aromatic heterocycles. The first-order chi connectivity index (χ1) is 9.83. The third-order valence-electron chi connectivity index (χ3n) is 3.37. The topological polar surface area (TPSA) is 12.5 Å². The van der Waals surface area contributed by atoms with Crippen molar-refractivity contribution in [2.24, 2.45) is 0 Å². The number of rotatable bonds is 1. The molecule has 0 amide bonds. The molecule has 1 heterocycles. The highest BCUT2D eigenvalue weighted by Crippen LogP contribution is 2.48. The van der Waals surface area contributed by atoms with Crippen LogP contribution in [-0.2, 0) is 0 Å². The van der Waals surface area contributed by atoms with E-state index in [1.165, 1.54) is 4.90 Å². The second-order valence-electron chi connectivity index (χ2n) is 5.25. The largest absolute Gasteiger partial charge is 0.453 e. The predicted octanol–water partition coefficient (Wildman–Crippen LogP) is 5.11. The lowest BCUT2D eigenvalue weighted by molar-refractivity contribution is -0.118. The Balaban J connectivity index is 2.15. The second-order valence-corrected chi connectivity index (χ2v) is 5.25. The van der Waals surface area contributed by atoms with Crippen LogP contribution in [0.15, 0.2) is 36.4 Å². The Morgan fingerprint density at radius 1 is 0.905 bits per heavy atom. The Kier molecular flexibility index (Phi) is 3.08. The summed E-state index contributed by atoms with van der Waals surface area (Å²) >= 11 is 0. The van der Waals surface area contributed by atoms with Crippen molar-refractivity contribution in [3.63, 3.8) is 0 Å². The molecule has 5 heteroatoms. The first kappa shape index (κ1) is 13.8. The quantitative estimate of drug-likeness (QED) is 0.724. The van der Waals surface area contributed by atoms with Crippen LogP contribution < -0.4 is 9.64 Å². The van der Waals surface area contributed by atoms with Gasteiger partial charge in [0.1, 0.15) is 6.54 Å². The minimum atomic E-state index is -4.29. The number of alkyl halides is 3. The van der Waals surface area contributed by atoms with E-state index in [-0.39, 0.29) is 0 Å². The Bertz CT molecular complexity index is 694. The highest BCUT2D eigenvalue weighted by molar-refractivity contribution is 5.78. The standard InChI is InChI=1S/C16H14F3NO/c1-10-4-6-14-13(7-10)20(9-16(17,18)19)12-5-3-11(2)8-15(12)21-14/h3-8H,9H2,1-2H3. The van der Waals surface area contributed by atoms with Crippen molar-refractivity contribution < 1.29 is 17.9 Å². The third-order valence-corrected chi connectivity index (χ3v) is 3.37. The molecule has 2 aromatic rings. The summed E-state index contributed by atoms with van der Waals surface area (Å²) in [6.45, 7) is 2.68. The van der Waals surface area contributed by atoms with Crippen LogP contribution in [-0.4, -0.2) is 12.7 Å². The molecule has 1 aliphatic heterocycles. The summed E-state index contributed by atoms with van der Waals surface area (Å²) in [6, 6.07) is 10.4. The Morgan fingerprint density at radius 2 is 1.57 bits per heavy atom. The smallest absolute Gasteiger partial charge is 0.406 e. The minimum Gasteiger partial charge on any atom is -0.453 e. The van der Waals surface area contributed by atoms with E-state index in [1.807, 2.05) is 19.9 Å². The van der Waals surface area contributed by atoms with Crippen LogP contribution in [0.3, 0.4) is 0 Å². The Morgan fingerprint density at radius 3 is 2.29 bits per heavy atom. The molecule has 0 saturated carbocycles. The second kappa shape index (κ2) is 4.69. The van der Waals surface area contributed by atoms with Gasteiger partial charge in [0, 0.05) is 0 Å². The summed E-state index contributed by atoms with van der Waals surface area (Å²) in [7, 11) is 0. The summed E-state index contributed by atoms with van der Waals surface area (Å²) in [6.07, 6.45) is -4.29. The molecule has 0 N–H and O–H groups in total. The van der Waals surface area contributed by atoms with E-state index < -0.39 is 12.7 Å². The molecule has 1 aliphatic rings. The normalized spacial score (nSPS) is 13.5. The van der Waals surface area contributed by atoms with E-state index in [0.29, 0.717) is 22.9 Å². The molecular formula is C16H14F3NO. The number of aryl methyl sites for hydroxylation is 2. The van der Waals surface area contributed by atoms with Crippen molar-refractivity contribution in [3.05, 3.63) is 47.5 Å². The molecule has 0 saturated heterocycles. The van der Waals surface area contributed by atoms with Crippen LogP contribution in [0.4, 0.5) is 24.5 Å². The Hall–Kier alpha value is -2.17. The summed E-state index contributed by atoms with van der Waals surface area (Å²) in [5.41, 5.74) is 2.72. The van der Waals surface area contributed by atoms with Gasteiger partial charge in [0.05, 0.1) is 11.4 Å². The predicted molar refractivity (Wildman–Crippen MR) is 75.5 cm³/mol. The van der Waals surface area contributed by atoms with Gasteiger partial charge in [0.15, 0.2) is 11.5 Å². The van der Waals surface area contributed by atoms with Crippen LogP contribution in [0.1, 0.15) is 11.1 Å². The molecule has 0 unspecified atom stereocenters. The molecule has 2 aromatic carbocycles. The Labute approximate surface area is 120 Å². The monoisotopic (exact) mass is 293 g/mol. The number of fused-ring (bicyclic) bond motifs is 2. The number of ether oxygens (including phenoxy) is 1. The molecule has 0 aliphatic carbocycles. The van der Waals surface area contributed by atoms with Gasteiger partial charge >= 0.3 is 6.18 Å². The molecule has 3 rings (SSSR count). The van der Waals surface area contributed by atoms with Gasteiger partial charge in [0.25, 0.3) is 0 Å². The highest BCUT2D eigenvalue weighted by Gasteiger charge is 2.35. The maximum absolute atomic E-state index is 12.9. The average molecular weight is 293 g/mol. The van der Waals surface area contributed by atoms with Crippen molar-refractivity contribution in [1.82, 2.24) is 0 Å². The number of nitrogens with zero attached hydrogens (tertiary/aromatic N) is 1. The van der Waals surface area contributed by atoms with Gasteiger partial charge in [-0.05, 0) is 49.2 Å². The van der Waals surface area contributed by atoms with Crippen LogP contribution in [0, 0.1) is 13.8 Å². The highest BCUT2D eigenvalue weighted by atomic mass is 19.4. The zero-order chi connectivity index (χ0) is 15.2. The zero-order valence-corrected chi connectivity index (χ0v) is 11.7. The van der Waals surface area contributed by atoms with E-state index >= 15 is 0 Å². The van der Waals surface area contributed by atoms with Gasteiger partial charge in [0.2, 0.25) is 0 Å². The summed E-state index contributed by atoms with van der Waals surface area (Å²) in [4.78, 5) is 1.26. The van der Waals surface area contributed by atoms with Gasteiger partial charge in [-0.3, -0.25) is 0 Å². The number of benzene rings is 2. The molecule has 110 valence electrons. The molecule has 0 atom stereocenters. The summed E-state index contributed by atoms with van der Waals surface area (Å²) in [5, 5.41) is 0. The zero-order valence-electron chi connectivity index (χ0n) is 11.7. The summed E-state index contributed by atoms with van der Waals surface area (Å²) < 4.78 is 44.5. The van der Waals surface area contributed by atoms with Crippen molar-refractivity contribution >= 4 is 11.4 Å². The fraction of sp³-hybridized carbons (Fsp3) is 0.250. The minimum absolute atomic E-state index is 0.441. The van der Waals surface area contributed by atoms with Crippen LogP contribution in [0.2, 0.25) is 0 Å². The lowest BCUT2D eigenvalue weighted by Crippen LogP contribution is -2.32. The van der Waals surface area contributed by atoms with Crippen LogP contribution in [0.5, 0.6) is 11.5 Å². The van der Waals surface area contributed by atoms with Crippen molar-refractivity contribution in [2.75, 3.05) is 11.4 Å². The van der Waals surface area contributed by atoms with Gasteiger partial charge in [-0.1, -0.05) is 12.1 Å². The first-order valence-electron chi connectivity index (χ1n) is 6.57. The van der Waals surface area contributed by atoms with Crippen molar-refractivity contribution in [3.8, 4) is 11.5 Å². The number of anilines is 2. The maximum atomic E-state index is 12.9. The van der Waals surface area contributed by atoms with E-state index in [1.54, 1.807) is 30.3 Å². The number of hydrogen-bond donors (Lipinski definition) is 0.